The second kappa shape index (κ2) is 7.42. The molecule has 2 aliphatic heterocycles. The third-order valence-electron chi connectivity index (χ3n) is 6.47. The van der Waals surface area contributed by atoms with Gasteiger partial charge in [0.1, 0.15) is 0 Å². The summed E-state index contributed by atoms with van der Waals surface area (Å²) in [6.07, 6.45) is 7.10. The average Bonchev–Trinajstić information content (AvgIpc) is 2.89. The van der Waals surface area contributed by atoms with Gasteiger partial charge in [-0.2, -0.15) is 0 Å². The molecular weight excluding hydrogens is 304 g/mol. The quantitative estimate of drug-likeness (QED) is 0.791. The number of nitrogens with zero attached hydrogens (tertiary/aromatic N) is 2. The number of hydrogen-bond acceptors (Lipinski definition) is 3. The van der Waals surface area contributed by atoms with Gasteiger partial charge in [-0.3, -0.25) is 9.59 Å². The molecule has 1 saturated carbocycles. The first-order valence-electron chi connectivity index (χ1n) is 9.58. The number of methoxy groups -OCH3 is 1. The first-order valence-corrected chi connectivity index (χ1v) is 9.58. The Bertz CT molecular complexity index is 463. The highest BCUT2D eigenvalue weighted by Gasteiger charge is 2.45. The number of ether oxygens (including phenoxy) is 1. The summed E-state index contributed by atoms with van der Waals surface area (Å²) in [6.45, 7) is 6.09. The standard InChI is InChI=1S/C19H32N2O3/c1-15-3-5-16(6-4-15)18(23)20-9-7-19(8-10-20)13-17(22)21(14-19)11-12-24-2/h15-16H,3-14H2,1-2H3. The highest BCUT2D eigenvalue weighted by molar-refractivity contribution is 5.80. The van der Waals surface area contributed by atoms with E-state index in [4.69, 9.17) is 4.74 Å². The SMILES string of the molecule is COCCN1CC2(CCN(C(=O)C3CCC(C)CC3)CC2)CC1=O. The Balaban J connectivity index is 1.50. The normalized spacial score (nSPS) is 30.2. The van der Waals surface area contributed by atoms with E-state index >= 15 is 0 Å². The summed E-state index contributed by atoms with van der Waals surface area (Å²) in [5.41, 5.74) is 0.0999. The molecule has 1 aliphatic carbocycles. The van der Waals surface area contributed by atoms with Gasteiger partial charge in [-0.15, -0.1) is 0 Å². The van der Waals surface area contributed by atoms with Crippen molar-refractivity contribution in [1.29, 1.82) is 0 Å². The maximum Gasteiger partial charge on any atom is 0.225 e. The van der Waals surface area contributed by atoms with Crippen LogP contribution in [0.5, 0.6) is 0 Å². The summed E-state index contributed by atoms with van der Waals surface area (Å²) < 4.78 is 5.10. The van der Waals surface area contributed by atoms with E-state index in [1.54, 1.807) is 7.11 Å². The van der Waals surface area contributed by atoms with Gasteiger partial charge in [0.05, 0.1) is 6.61 Å². The van der Waals surface area contributed by atoms with Gasteiger partial charge in [-0.1, -0.05) is 6.92 Å². The number of likely N-dealkylation sites (tertiary alicyclic amines) is 2. The van der Waals surface area contributed by atoms with Gasteiger partial charge in [0.25, 0.3) is 0 Å². The van der Waals surface area contributed by atoms with E-state index in [0.29, 0.717) is 25.5 Å². The fourth-order valence-electron chi connectivity index (χ4n) is 4.69. The molecule has 3 aliphatic rings. The lowest BCUT2D eigenvalue weighted by Gasteiger charge is -2.40. The van der Waals surface area contributed by atoms with Crippen LogP contribution < -0.4 is 0 Å². The number of hydrogen-bond donors (Lipinski definition) is 0. The lowest BCUT2D eigenvalue weighted by atomic mass is 9.76. The monoisotopic (exact) mass is 336 g/mol. The minimum atomic E-state index is 0.0999. The van der Waals surface area contributed by atoms with Gasteiger partial charge in [0.15, 0.2) is 0 Å². The molecule has 0 bridgehead atoms. The molecule has 0 N–H and O–H groups in total. The molecule has 24 heavy (non-hydrogen) atoms. The molecular formula is C19H32N2O3. The second-order valence-electron chi connectivity index (χ2n) is 8.27. The van der Waals surface area contributed by atoms with Crippen molar-refractivity contribution in [3.05, 3.63) is 0 Å². The Morgan fingerprint density at radius 2 is 1.88 bits per heavy atom. The lowest BCUT2D eigenvalue weighted by molar-refractivity contribution is -0.139. The van der Waals surface area contributed by atoms with Crippen LogP contribution in [0.25, 0.3) is 0 Å². The molecule has 136 valence electrons. The van der Waals surface area contributed by atoms with E-state index < -0.39 is 0 Å². The third kappa shape index (κ3) is 3.76. The fourth-order valence-corrected chi connectivity index (χ4v) is 4.69. The highest BCUT2D eigenvalue weighted by atomic mass is 16.5. The van der Waals surface area contributed by atoms with E-state index in [-0.39, 0.29) is 17.2 Å². The van der Waals surface area contributed by atoms with E-state index in [1.165, 1.54) is 12.8 Å². The fraction of sp³-hybridized carbons (Fsp3) is 0.895. The Morgan fingerprint density at radius 1 is 1.21 bits per heavy atom. The first kappa shape index (κ1) is 17.7. The molecule has 1 spiro atoms. The van der Waals surface area contributed by atoms with Crippen LogP contribution in [0.4, 0.5) is 0 Å². The van der Waals surface area contributed by atoms with Crippen LogP contribution in [0.3, 0.4) is 0 Å². The van der Waals surface area contributed by atoms with E-state index in [9.17, 15) is 9.59 Å². The van der Waals surface area contributed by atoms with Crippen molar-refractivity contribution in [3.63, 3.8) is 0 Å². The minimum absolute atomic E-state index is 0.0999. The van der Waals surface area contributed by atoms with Crippen LogP contribution in [0.1, 0.15) is 51.9 Å². The Hall–Kier alpha value is -1.10. The van der Waals surface area contributed by atoms with Crippen LogP contribution >= 0.6 is 0 Å². The van der Waals surface area contributed by atoms with Gasteiger partial charge in [0.2, 0.25) is 11.8 Å². The molecule has 0 aromatic heterocycles. The largest absolute Gasteiger partial charge is 0.383 e. The maximum atomic E-state index is 12.8. The minimum Gasteiger partial charge on any atom is -0.383 e. The summed E-state index contributed by atoms with van der Waals surface area (Å²) in [6, 6.07) is 0. The molecule has 0 radical (unpaired) electrons. The summed E-state index contributed by atoms with van der Waals surface area (Å²) in [7, 11) is 1.67. The van der Waals surface area contributed by atoms with Crippen LogP contribution in [0.15, 0.2) is 0 Å². The zero-order valence-corrected chi connectivity index (χ0v) is 15.3. The van der Waals surface area contributed by atoms with Crippen LogP contribution in [0.2, 0.25) is 0 Å². The number of piperidine rings is 1. The second-order valence-corrected chi connectivity index (χ2v) is 8.27. The van der Waals surface area contributed by atoms with Gasteiger partial charge in [0, 0.05) is 51.0 Å². The lowest BCUT2D eigenvalue weighted by Crippen LogP contribution is -2.46. The van der Waals surface area contributed by atoms with Crippen LogP contribution in [-0.2, 0) is 14.3 Å². The molecule has 0 unspecified atom stereocenters. The molecule has 5 heteroatoms. The smallest absolute Gasteiger partial charge is 0.225 e. The molecule has 0 atom stereocenters. The van der Waals surface area contributed by atoms with Crippen molar-refractivity contribution < 1.29 is 14.3 Å². The number of carbonyl (C=O) groups excluding carboxylic acids is 2. The zero-order valence-electron chi connectivity index (χ0n) is 15.3. The third-order valence-corrected chi connectivity index (χ3v) is 6.47. The Kier molecular flexibility index (Phi) is 5.48. The predicted octanol–water partition coefficient (Wildman–Crippen LogP) is 2.30. The topological polar surface area (TPSA) is 49.9 Å². The van der Waals surface area contributed by atoms with E-state index in [1.807, 2.05) is 4.90 Å². The predicted molar refractivity (Wildman–Crippen MR) is 92.4 cm³/mol. The van der Waals surface area contributed by atoms with Gasteiger partial charge in [-0.25, -0.2) is 0 Å². The summed E-state index contributed by atoms with van der Waals surface area (Å²) >= 11 is 0. The van der Waals surface area contributed by atoms with Crippen molar-refractivity contribution in [1.82, 2.24) is 9.80 Å². The molecule has 3 fully saturated rings. The van der Waals surface area contributed by atoms with Crippen molar-refractivity contribution in [2.75, 3.05) is 39.9 Å². The van der Waals surface area contributed by atoms with E-state index in [0.717, 1.165) is 51.2 Å². The molecule has 2 saturated heterocycles. The number of carbonyl (C=O) groups is 2. The first-order chi connectivity index (χ1) is 11.5. The van der Waals surface area contributed by atoms with E-state index in [2.05, 4.69) is 11.8 Å². The molecule has 2 amide bonds. The summed E-state index contributed by atoms with van der Waals surface area (Å²) in [5.74, 6) is 1.66. The molecule has 5 nitrogen and oxygen atoms in total. The van der Waals surface area contributed by atoms with Gasteiger partial charge in [-0.05, 0) is 44.4 Å². The van der Waals surface area contributed by atoms with Crippen molar-refractivity contribution in [2.24, 2.45) is 17.3 Å². The summed E-state index contributed by atoms with van der Waals surface area (Å²) in [4.78, 5) is 29.0. The number of amides is 2. The van der Waals surface area contributed by atoms with Crippen LogP contribution in [-0.4, -0.2) is 61.5 Å². The molecule has 3 rings (SSSR count). The van der Waals surface area contributed by atoms with Crippen molar-refractivity contribution in [3.8, 4) is 0 Å². The van der Waals surface area contributed by atoms with Crippen molar-refractivity contribution >= 4 is 11.8 Å². The zero-order chi connectivity index (χ0) is 17.2. The molecule has 0 aromatic rings. The molecule has 0 aromatic carbocycles. The Labute approximate surface area is 145 Å². The number of rotatable bonds is 4. The average molecular weight is 336 g/mol. The molecule has 2 heterocycles. The maximum absolute atomic E-state index is 12.8. The summed E-state index contributed by atoms with van der Waals surface area (Å²) in [5, 5.41) is 0. The van der Waals surface area contributed by atoms with Gasteiger partial charge < -0.3 is 14.5 Å². The highest BCUT2D eigenvalue weighted by Crippen LogP contribution is 2.41. The Morgan fingerprint density at radius 3 is 2.50 bits per heavy atom. The van der Waals surface area contributed by atoms with Crippen molar-refractivity contribution in [2.45, 2.75) is 51.9 Å². The van der Waals surface area contributed by atoms with Gasteiger partial charge >= 0.3 is 0 Å². The van der Waals surface area contributed by atoms with Crippen LogP contribution in [0, 0.1) is 17.3 Å².